The highest BCUT2D eigenvalue weighted by molar-refractivity contribution is 5.92. The lowest BCUT2D eigenvalue weighted by Gasteiger charge is -2.20. The number of aryl methyl sites for hydroxylation is 2. The molecule has 27 heavy (non-hydrogen) atoms. The van der Waals surface area contributed by atoms with Crippen LogP contribution in [0.5, 0.6) is 0 Å². The Kier molecular flexibility index (Phi) is 5.25. The van der Waals surface area contributed by atoms with Gasteiger partial charge in [0.25, 0.3) is 0 Å². The van der Waals surface area contributed by atoms with Gasteiger partial charge in [-0.3, -0.25) is 4.68 Å². The minimum Gasteiger partial charge on any atom is -0.423 e. The number of nitrogens with zero attached hydrogens (tertiary/aromatic N) is 3. The van der Waals surface area contributed by atoms with Gasteiger partial charge < -0.3 is 15.1 Å². The Morgan fingerprint density at radius 3 is 2.74 bits per heavy atom. The number of anilines is 1. The summed E-state index contributed by atoms with van der Waals surface area (Å²) in [4.78, 5) is 28.3. The zero-order chi connectivity index (χ0) is 19.6. The predicted molar refractivity (Wildman–Crippen MR) is 103 cm³/mol. The fraction of sp³-hybridized carbons (Fsp3) is 0.368. The van der Waals surface area contributed by atoms with E-state index in [-0.39, 0.29) is 12.1 Å². The van der Waals surface area contributed by atoms with Gasteiger partial charge in [0.05, 0.1) is 6.04 Å². The van der Waals surface area contributed by atoms with Crippen molar-refractivity contribution in [3.05, 3.63) is 52.4 Å². The Morgan fingerprint density at radius 2 is 2.07 bits per heavy atom. The van der Waals surface area contributed by atoms with Crippen LogP contribution in [0.3, 0.4) is 0 Å². The molecule has 2 heterocycles. The number of urea groups is 1. The monoisotopic (exact) mass is 369 g/mol. The number of nitrogens with one attached hydrogen (secondary N) is 2. The van der Waals surface area contributed by atoms with Crippen molar-refractivity contribution in [1.29, 1.82) is 0 Å². The number of hydrogen-bond donors (Lipinski definition) is 2. The lowest BCUT2D eigenvalue weighted by Crippen LogP contribution is -2.34. The summed E-state index contributed by atoms with van der Waals surface area (Å²) in [6.45, 7) is 6.00. The predicted octanol–water partition coefficient (Wildman–Crippen LogP) is 3.14. The molecular weight excluding hydrogens is 346 g/mol. The number of amides is 2. The molecule has 1 aromatic carbocycles. The molecule has 0 bridgehead atoms. The first-order chi connectivity index (χ1) is 12.8. The van der Waals surface area contributed by atoms with Crippen LogP contribution in [0.2, 0.25) is 0 Å². The summed E-state index contributed by atoms with van der Waals surface area (Å²) < 4.78 is 6.88. The third kappa shape index (κ3) is 4.33. The summed E-state index contributed by atoms with van der Waals surface area (Å²) in [5, 5.41) is 10.6. The molecule has 0 aliphatic heterocycles. The van der Waals surface area contributed by atoms with E-state index in [0.29, 0.717) is 23.0 Å². The van der Waals surface area contributed by atoms with Crippen LogP contribution in [0, 0.1) is 12.8 Å². The van der Waals surface area contributed by atoms with Crippen LogP contribution in [0.15, 0.2) is 39.8 Å². The molecule has 0 saturated heterocycles. The zero-order valence-electron chi connectivity index (χ0n) is 15.8. The van der Waals surface area contributed by atoms with E-state index in [1.165, 1.54) is 12.4 Å². The van der Waals surface area contributed by atoms with E-state index < -0.39 is 5.63 Å². The van der Waals surface area contributed by atoms with Crippen molar-refractivity contribution in [2.45, 2.75) is 33.2 Å². The summed E-state index contributed by atoms with van der Waals surface area (Å²) in [6.07, 6.45) is 2.20. The molecule has 0 fully saturated rings. The van der Waals surface area contributed by atoms with Gasteiger partial charge in [-0.25, -0.2) is 14.6 Å². The number of benzene rings is 1. The Bertz CT molecular complexity index is 1020. The van der Waals surface area contributed by atoms with E-state index in [1.54, 1.807) is 23.9 Å². The first-order valence-corrected chi connectivity index (χ1v) is 8.79. The molecule has 2 aromatic heterocycles. The number of fused-ring (bicyclic) bond motifs is 1. The Hall–Kier alpha value is -3.16. The molecule has 2 amide bonds. The van der Waals surface area contributed by atoms with Gasteiger partial charge in [-0.1, -0.05) is 13.8 Å². The third-order valence-corrected chi connectivity index (χ3v) is 4.28. The van der Waals surface area contributed by atoms with Gasteiger partial charge in [0.1, 0.15) is 17.7 Å². The zero-order valence-corrected chi connectivity index (χ0v) is 15.8. The largest absolute Gasteiger partial charge is 0.423 e. The maximum absolute atomic E-state index is 12.5. The smallest absolute Gasteiger partial charge is 0.336 e. The lowest BCUT2D eigenvalue weighted by atomic mass is 10.0. The van der Waals surface area contributed by atoms with Crippen LogP contribution in [-0.4, -0.2) is 20.8 Å². The molecule has 0 saturated carbocycles. The second kappa shape index (κ2) is 7.61. The van der Waals surface area contributed by atoms with Crippen LogP contribution >= 0.6 is 0 Å². The molecule has 142 valence electrons. The van der Waals surface area contributed by atoms with Crippen molar-refractivity contribution in [3.63, 3.8) is 0 Å². The molecule has 0 unspecified atom stereocenters. The van der Waals surface area contributed by atoms with E-state index in [1.807, 2.05) is 13.0 Å². The van der Waals surface area contributed by atoms with Crippen LogP contribution in [0.25, 0.3) is 11.0 Å². The van der Waals surface area contributed by atoms with Crippen molar-refractivity contribution >= 4 is 22.7 Å². The van der Waals surface area contributed by atoms with Crippen molar-refractivity contribution in [2.75, 3.05) is 5.32 Å². The van der Waals surface area contributed by atoms with Crippen molar-refractivity contribution < 1.29 is 9.21 Å². The van der Waals surface area contributed by atoms with E-state index in [2.05, 4.69) is 34.6 Å². The number of carbonyl (C=O) groups excluding carboxylic acids is 1. The molecule has 0 aliphatic carbocycles. The normalized spacial score (nSPS) is 12.3. The number of carbonyl (C=O) groups is 1. The van der Waals surface area contributed by atoms with Gasteiger partial charge in [-0.2, -0.15) is 5.10 Å². The molecule has 0 aliphatic rings. The highest BCUT2D eigenvalue weighted by Crippen LogP contribution is 2.22. The highest BCUT2D eigenvalue weighted by Gasteiger charge is 2.20. The Morgan fingerprint density at radius 1 is 1.30 bits per heavy atom. The average Bonchev–Trinajstić information content (AvgIpc) is 2.99. The number of aromatic nitrogens is 3. The van der Waals surface area contributed by atoms with Crippen molar-refractivity contribution in [2.24, 2.45) is 13.0 Å². The minimum absolute atomic E-state index is 0.266. The van der Waals surface area contributed by atoms with Crippen LogP contribution in [0.4, 0.5) is 10.5 Å². The van der Waals surface area contributed by atoms with Crippen molar-refractivity contribution in [3.8, 4) is 0 Å². The second-order valence-corrected chi connectivity index (χ2v) is 6.98. The maximum atomic E-state index is 12.5. The summed E-state index contributed by atoms with van der Waals surface area (Å²) in [6, 6.07) is 6.05. The van der Waals surface area contributed by atoms with E-state index >= 15 is 0 Å². The number of rotatable bonds is 5. The molecule has 0 radical (unpaired) electrons. The fourth-order valence-corrected chi connectivity index (χ4v) is 3.05. The van der Waals surface area contributed by atoms with E-state index in [4.69, 9.17) is 4.42 Å². The first-order valence-electron chi connectivity index (χ1n) is 8.79. The van der Waals surface area contributed by atoms with Gasteiger partial charge in [-0.05, 0) is 37.0 Å². The average molecular weight is 369 g/mol. The van der Waals surface area contributed by atoms with Gasteiger partial charge >= 0.3 is 11.7 Å². The van der Waals surface area contributed by atoms with Gasteiger partial charge in [0.15, 0.2) is 0 Å². The summed E-state index contributed by atoms with van der Waals surface area (Å²) in [7, 11) is 1.79. The summed E-state index contributed by atoms with van der Waals surface area (Å²) >= 11 is 0. The molecule has 8 heteroatoms. The molecule has 3 aromatic rings. The minimum atomic E-state index is -0.416. The SMILES string of the molecule is Cc1cc(=O)oc2cc(NC(=O)N[C@H](CC(C)C)c3ncnn3C)ccc12. The molecular formula is C19H23N5O3. The first kappa shape index (κ1) is 18.6. The topological polar surface area (TPSA) is 102 Å². The van der Waals surface area contributed by atoms with Gasteiger partial charge in [0, 0.05) is 30.3 Å². The Balaban J connectivity index is 1.78. The third-order valence-electron chi connectivity index (χ3n) is 4.28. The van der Waals surface area contributed by atoms with Gasteiger partial charge in [-0.15, -0.1) is 0 Å². The van der Waals surface area contributed by atoms with Crippen LogP contribution in [0.1, 0.15) is 37.7 Å². The van der Waals surface area contributed by atoms with Crippen LogP contribution < -0.4 is 16.3 Å². The molecule has 0 spiro atoms. The molecule has 1 atom stereocenters. The highest BCUT2D eigenvalue weighted by atomic mass is 16.4. The quantitative estimate of drug-likeness (QED) is 0.673. The molecule has 2 N–H and O–H groups in total. The maximum Gasteiger partial charge on any atom is 0.336 e. The van der Waals surface area contributed by atoms with Crippen molar-refractivity contribution in [1.82, 2.24) is 20.1 Å². The second-order valence-electron chi connectivity index (χ2n) is 6.98. The standard InChI is InChI=1S/C19H23N5O3/c1-11(2)7-15(18-20-10-21-24(18)4)23-19(26)22-13-5-6-14-12(3)8-17(25)27-16(14)9-13/h5-6,8-11,15H,7H2,1-4H3,(H2,22,23,26)/t15-/m1/s1. The van der Waals surface area contributed by atoms with E-state index in [0.717, 1.165) is 17.4 Å². The lowest BCUT2D eigenvalue weighted by molar-refractivity contribution is 0.245. The summed E-state index contributed by atoms with van der Waals surface area (Å²) in [5.41, 5.74) is 1.39. The van der Waals surface area contributed by atoms with Crippen LogP contribution in [-0.2, 0) is 7.05 Å². The van der Waals surface area contributed by atoms with E-state index in [9.17, 15) is 9.59 Å². The molecule has 3 rings (SSSR count). The number of hydrogen-bond acceptors (Lipinski definition) is 5. The van der Waals surface area contributed by atoms with Gasteiger partial charge in [0.2, 0.25) is 0 Å². The Labute approximate surface area is 156 Å². The molecule has 8 nitrogen and oxygen atoms in total. The summed E-state index contributed by atoms with van der Waals surface area (Å²) in [5.74, 6) is 1.06. The fourth-order valence-electron chi connectivity index (χ4n) is 3.05.